The van der Waals surface area contributed by atoms with Crippen LogP contribution in [0.25, 0.3) is 0 Å². The Morgan fingerprint density at radius 3 is 2.27 bits per heavy atom. The molecule has 7 heteroatoms. The van der Waals surface area contributed by atoms with E-state index in [2.05, 4.69) is 76.6 Å². The maximum atomic E-state index is 13.9. The number of nitrogens with one attached hydrogen (secondary N) is 3. The van der Waals surface area contributed by atoms with Crippen LogP contribution >= 0.6 is 0 Å². The van der Waals surface area contributed by atoms with Crippen molar-refractivity contribution in [3.63, 3.8) is 0 Å². The molecule has 0 spiro atoms. The lowest BCUT2D eigenvalue weighted by Crippen LogP contribution is -2.52. The molecule has 0 unspecified atom stereocenters. The van der Waals surface area contributed by atoms with E-state index >= 15 is 0 Å². The van der Waals surface area contributed by atoms with E-state index in [-0.39, 0.29) is 35.9 Å². The number of amides is 2. The Balaban J connectivity index is 1.26. The molecule has 1 saturated heterocycles. The first-order valence-electron chi connectivity index (χ1n) is 15.0. The zero-order chi connectivity index (χ0) is 28.4. The highest BCUT2D eigenvalue weighted by Crippen LogP contribution is 2.27. The topological polar surface area (TPSA) is 99.5 Å². The highest BCUT2D eigenvalue weighted by molar-refractivity contribution is 5.83. The van der Waals surface area contributed by atoms with Crippen molar-refractivity contribution in [2.45, 2.75) is 62.7 Å². The SMILES string of the molecule is NCCCC[C@@H]1N[C@H](CNC(=O)[C@@H]2Cc3ccccc3CN2)CCN(CC(c2ccccc2)c2ccccc2)C1=O. The number of nitrogens with two attached hydrogens (primary N) is 1. The molecule has 0 bridgehead atoms. The summed E-state index contributed by atoms with van der Waals surface area (Å²) in [5.74, 6) is 0.238. The van der Waals surface area contributed by atoms with Crippen molar-refractivity contribution >= 4 is 11.8 Å². The summed E-state index contributed by atoms with van der Waals surface area (Å²) in [6.45, 7) is 3.07. The lowest BCUT2D eigenvalue weighted by Gasteiger charge is -2.29. The second-order valence-electron chi connectivity index (χ2n) is 11.3. The molecule has 5 rings (SSSR count). The summed E-state index contributed by atoms with van der Waals surface area (Å²) in [5.41, 5.74) is 10.7. The standard InChI is InChI=1S/C34H43N5O2/c35-19-10-9-17-31-34(41)39(24-30(25-11-3-1-4-12-25)26-13-5-2-6-14-26)20-18-29(38-31)23-37-33(40)32-21-27-15-7-8-16-28(27)22-36-32/h1-8,11-16,29-32,36,38H,9-10,17-24,35H2,(H,37,40)/t29-,31-,32-/m0/s1. The van der Waals surface area contributed by atoms with Crippen LogP contribution in [0.1, 0.15) is 53.9 Å². The number of nitrogens with zero attached hydrogens (tertiary/aromatic N) is 1. The molecule has 0 aromatic heterocycles. The summed E-state index contributed by atoms with van der Waals surface area (Å²) in [7, 11) is 0. The molecule has 3 aromatic rings. The van der Waals surface area contributed by atoms with Crippen LogP contribution in [0.4, 0.5) is 0 Å². The number of unbranched alkanes of at least 4 members (excludes halogenated alkanes) is 1. The third-order valence-electron chi connectivity index (χ3n) is 8.47. The molecule has 2 heterocycles. The first-order chi connectivity index (χ1) is 20.1. The molecule has 2 amide bonds. The van der Waals surface area contributed by atoms with Gasteiger partial charge in [-0.3, -0.25) is 9.59 Å². The summed E-state index contributed by atoms with van der Waals surface area (Å²) < 4.78 is 0. The van der Waals surface area contributed by atoms with Crippen molar-refractivity contribution < 1.29 is 9.59 Å². The Bertz CT molecular complexity index is 1230. The van der Waals surface area contributed by atoms with Crippen molar-refractivity contribution in [1.82, 2.24) is 20.9 Å². The van der Waals surface area contributed by atoms with E-state index in [1.807, 2.05) is 29.2 Å². The molecule has 0 saturated carbocycles. The highest BCUT2D eigenvalue weighted by atomic mass is 16.2. The van der Waals surface area contributed by atoms with Crippen LogP contribution in [-0.2, 0) is 22.6 Å². The molecule has 2 aliphatic rings. The molecule has 216 valence electrons. The fourth-order valence-corrected chi connectivity index (χ4v) is 6.10. The Morgan fingerprint density at radius 1 is 0.927 bits per heavy atom. The number of hydrogen-bond donors (Lipinski definition) is 4. The summed E-state index contributed by atoms with van der Waals surface area (Å²) in [6.07, 6.45) is 3.97. The van der Waals surface area contributed by atoms with Crippen LogP contribution in [-0.4, -0.2) is 61.0 Å². The molecule has 0 radical (unpaired) electrons. The maximum absolute atomic E-state index is 13.9. The Morgan fingerprint density at radius 2 is 1.59 bits per heavy atom. The van der Waals surface area contributed by atoms with E-state index in [1.54, 1.807) is 0 Å². The van der Waals surface area contributed by atoms with Crippen LogP contribution in [0.5, 0.6) is 0 Å². The zero-order valence-corrected chi connectivity index (χ0v) is 23.8. The van der Waals surface area contributed by atoms with Crippen LogP contribution in [0.15, 0.2) is 84.9 Å². The molecular weight excluding hydrogens is 510 g/mol. The van der Waals surface area contributed by atoms with E-state index in [4.69, 9.17) is 5.73 Å². The van der Waals surface area contributed by atoms with E-state index in [9.17, 15) is 9.59 Å². The number of carbonyl (C=O) groups is 2. The second-order valence-corrected chi connectivity index (χ2v) is 11.3. The minimum Gasteiger partial charge on any atom is -0.353 e. The van der Waals surface area contributed by atoms with E-state index in [0.29, 0.717) is 39.1 Å². The van der Waals surface area contributed by atoms with Crippen LogP contribution in [0, 0.1) is 0 Å². The van der Waals surface area contributed by atoms with Crippen molar-refractivity contribution in [1.29, 1.82) is 0 Å². The quantitative estimate of drug-likeness (QED) is 0.273. The molecule has 3 atom stereocenters. The number of hydrogen-bond acceptors (Lipinski definition) is 5. The van der Waals surface area contributed by atoms with Gasteiger partial charge in [0.05, 0.1) is 12.1 Å². The molecule has 41 heavy (non-hydrogen) atoms. The second kappa shape index (κ2) is 14.4. The molecular formula is C34H43N5O2. The molecule has 7 nitrogen and oxygen atoms in total. The molecule has 0 aliphatic carbocycles. The summed E-state index contributed by atoms with van der Waals surface area (Å²) in [4.78, 5) is 29.1. The first-order valence-corrected chi connectivity index (χ1v) is 15.0. The minimum atomic E-state index is -0.294. The largest absolute Gasteiger partial charge is 0.353 e. The minimum absolute atomic E-state index is 0.0125. The zero-order valence-electron chi connectivity index (χ0n) is 23.8. The van der Waals surface area contributed by atoms with E-state index < -0.39 is 0 Å². The Labute approximate surface area is 243 Å². The van der Waals surface area contributed by atoms with Crippen LogP contribution in [0.2, 0.25) is 0 Å². The smallest absolute Gasteiger partial charge is 0.239 e. The fraction of sp³-hybridized carbons (Fsp3) is 0.412. The predicted molar refractivity (Wildman–Crippen MR) is 163 cm³/mol. The lowest BCUT2D eigenvalue weighted by molar-refractivity contribution is -0.133. The van der Waals surface area contributed by atoms with Crippen molar-refractivity contribution in [3.05, 3.63) is 107 Å². The van der Waals surface area contributed by atoms with Gasteiger partial charge in [0.2, 0.25) is 11.8 Å². The van der Waals surface area contributed by atoms with E-state index in [1.165, 1.54) is 22.3 Å². The van der Waals surface area contributed by atoms with Gasteiger partial charge in [-0.2, -0.15) is 0 Å². The van der Waals surface area contributed by atoms with Gasteiger partial charge < -0.3 is 26.6 Å². The van der Waals surface area contributed by atoms with Gasteiger partial charge >= 0.3 is 0 Å². The average molecular weight is 554 g/mol. The van der Waals surface area contributed by atoms with Gasteiger partial charge in [-0.05, 0) is 54.5 Å². The normalized spacial score (nSPS) is 20.9. The van der Waals surface area contributed by atoms with Crippen LogP contribution < -0.4 is 21.7 Å². The molecule has 3 aromatic carbocycles. The summed E-state index contributed by atoms with van der Waals surface area (Å²) >= 11 is 0. The highest BCUT2D eigenvalue weighted by Gasteiger charge is 2.33. The van der Waals surface area contributed by atoms with Gasteiger partial charge in [-0.1, -0.05) is 91.3 Å². The fourth-order valence-electron chi connectivity index (χ4n) is 6.10. The Kier molecular flexibility index (Phi) is 10.2. The molecule has 5 N–H and O–H groups in total. The summed E-state index contributed by atoms with van der Waals surface area (Å²) in [5, 5.41) is 10.2. The molecule has 2 aliphatic heterocycles. The Hall–Kier alpha value is -3.52. The van der Waals surface area contributed by atoms with Gasteiger partial charge in [0.25, 0.3) is 0 Å². The average Bonchev–Trinajstić information content (AvgIpc) is 3.17. The summed E-state index contributed by atoms with van der Waals surface area (Å²) in [6, 6.07) is 28.6. The maximum Gasteiger partial charge on any atom is 0.239 e. The lowest BCUT2D eigenvalue weighted by atomic mass is 9.90. The number of benzene rings is 3. The van der Waals surface area contributed by atoms with Gasteiger partial charge in [0.15, 0.2) is 0 Å². The third-order valence-corrected chi connectivity index (χ3v) is 8.47. The van der Waals surface area contributed by atoms with Crippen LogP contribution in [0.3, 0.4) is 0 Å². The number of fused-ring (bicyclic) bond motifs is 1. The number of carbonyl (C=O) groups excluding carboxylic acids is 2. The molecule has 1 fully saturated rings. The third kappa shape index (κ3) is 7.61. The van der Waals surface area contributed by atoms with E-state index in [0.717, 1.165) is 25.7 Å². The van der Waals surface area contributed by atoms with Crippen molar-refractivity contribution in [3.8, 4) is 0 Å². The van der Waals surface area contributed by atoms with Crippen molar-refractivity contribution in [2.24, 2.45) is 5.73 Å². The number of rotatable bonds is 11. The predicted octanol–water partition coefficient (Wildman–Crippen LogP) is 3.34. The van der Waals surface area contributed by atoms with Gasteiger partial charge in [-0.25, -0.2) is 0 Å². The first kappa shape index (κ1) is 29.0. The van der Waals surface area contributed by atoms with Gasteiger partial charge in [0, 0.05) is 38.1 Å². The van der Waals surface area contributed by atoms with Gasteiger partial charge in [-0.15, -0.1) is 0 Å². The van der Waals surface area contributed by atoms with Gasteiger partial charge in [0.1, 0.15) is 0 Å². The van der Waals surface area contributed by atoms with Crippen molar-refractivity contribution in [2.75, 3.05) is 26.2 Å². The monoisotopic (exact) mass is 553 g/mol.